The Hall–Kier alpha value is -4.08. The second-order valence-electron chi connectivity index (χ2n) is 13.1. The first-order valence-corrected chi connectivity index (χ1v) is 15.7. The van der Waals surface area contributed by atoms with Crippen LogP contribution in [0.5, 0.6) is 0 Å². The van der Waals surface area contributed by atoms with E-state index in [9.17, 15) is 19.2 Å². The Balaban J connectivity index is 2.14. The third-order valence-electron chi connectivity index (χ3n) is 6.78. The van der Waals surface area contributed by atoms with Gasteiger partial charge in [-0.05, 0) is 91.2 Å². The van der Waals surface area contributed by atoms with E-state index in [1.165, 1.54) is 10.5 Å². The molecule has 0 spiro atoms. The van der Waals surface area contributed by atoms with E-state index in [4.69, 9.17) is 9.47 Å². The topological polar surface area (TPSA) is 126 Å². The Bertz CT molecular complexity index is 1210. The first-order valence-electron chi connectivity index (χ1n) is 15.7. The van der Waals surface area contributed by atoms with Gasteiger partial charge >= 0.3 is 12.2 Å². The van der Waals surface area contributed by atoms with Gasteiger partial charge in [-0.25, -0.2) is 9.59 Å². The summed E-state index contributed by atoms with van der Waals surface area (Å²) >= 11 is 0. The average molecular weight is 625 g/mol. The van der Waals surface area contributed by atoms with E-state index in [1.807, 2.05) is 60.7 Å². The van der Waals surface area contributed by atoms with Crippen LogP contribution in [0, 0.1) is 0 Å². The number of benzene rings is 2. The van der Waals surface area contributed by atoms with Crippen LogP contribution in [0.2, 0.25) is 0 Å². The molecule has 3 N–H and O–H groups in total. The molecule has 0 aliphatic rings. The van der Waals surface area contributed by atoms with Crippen molar-refractivity contribution in [2.24, 2.45) is 0 Å². The van der Waals surface area contributed by atoms with Gasteiger partial charge in [-0.2, -0.15) is 0 Å². The maximum atomic E-state index is 13.9. The first kappa shape index (κ1) is 37.1. The zero-order valence-electron chi connectivity index (χ0n) is 28.0. The number of alkyl carbamates (subject to hydrolysis) is 2. The summed E-state index contributed by atoms with van der Waals surface area (Å²) < 4.78 is 10.7. The number of carbonyl (C=O) groups is 4. The summed E-state index contributed by atoms with van der Waals surface area (Å²) in [6, 6.07) is 17.9. The number of amides is 4. The lowest BCUT2D eigenvalue weighted by Gasteiger charge is -2.31. The van der Waals surface area contributed by atoms with E-state index in [-0.39, 0.29) is 12.5 Å². The average Bonchev–Trinajstić information content (AvgIpc) is 2.96. The van der Waals surface area contributed by atoms with Crippen LogP contribution in [-0.2, 0) is 31.9 Å². The van der Waals surface area contributed by atoms with E-state index < -0.39 is 41.4 Å². The van der Waals surface area contributed by atoms with Crippen LogP contribution in [0.4, 0.5) is 9.59 Å². The summed E-state index contributed by atoms with van der Waals surface area (Å²) in [6.45, 7) is 11.3. The molecule has 248 valence electrons. The highest BCUT2D eigenvalue weighted by atomic mass is 16.6. The molecule has 4 amide bonds. The minimum Gasteiger partial charge on any atom is -0.444 e. The lowest BCUT2D eigenvalue weighted by Crippen LogP contribution is -2.55. The number of likely N-dealkylation sites (N-methyl/N-ethyl adjacent to an activating group) is 1. The zero-order valence-corrected chi connectivity index (χ0v) is 28.0. The molecule has 2 aromatic carbocycles. The standard InChI is InChI=1S/C35H52N4O6/c1-34(2,3)44-32(42)37-25-15-21-29(30(40)36-24-14-20-26-16-10-8-11-17-26)39(7)31(41)28(38-33(43)45-35(4,5)6)23-22-27-18-12-9-13-19-27/h8-13,16-19,28-29H,14-15,20-25H2,1-7H3,(H,36,40)(H,37,42)(H,38,43)/t28-,29-/m0/s1. The van der Waals surface area contributed by atoms with Crippen molar-refractivity contribution in [1.82, 2.24) is 20.9 Å². The summed E-state index contributed by atoms with van der Waals surface area (Å²) in [6.07, 6.45) is 1.87. The number of carbonyl (C=O) groups excluding carboxylic acids is 4. The lowest BCUT2D eigenvalue weighted by molar-refractivity contribution is -0.140. The van der Waals surface area contributed by atoms with Crippen LogP contribution < -0.4 is 16.0 Å². The van der Waals surface area contributed by atoms with Gasteiger partial charge in [-0.1, -0.05) is 60.7 Å². The highest BCUT2D eigenvalue weighted by Gasteiger charge is 2.33. The number of hydrogen-bond acceptors (Lipinski definition) is 6. The molecular weight excluding hydrogens is 572 g/mol. The molecule has 2 aromatic rings. The Labute approximate surface area is 268 Å². The normalized spacial score (nSPS) is 12.8. The number of hydrogen-bond donors (Lipinski definition) is 3. The summed E-state index contributed by atoms with van der Waals surface area (Å²) in [5, 5.41) is 8.43. The fraction of sp³-hybridized carbons (Fsp3) is 0.543. The molecule has 2 atom stereocenters. The molecule has 0 aliphatic carbocycles. The van der Waals surface area contributed by atoms with Crippen molar-refractivity contribution in [3.63, 3.8) is 0 Å². The van der Waals surface area contributed by atoms with Crippen molar-refractivity contribution in [2.75, 3.05) is 20.1 Å². The number of rotatable bonds is 15. The van der Waals surface area contributed by atoms with Gasteiger partial charge in [0.15, 0.2) is 0 Å². The molecule has 0 bridgehead atoms. The maximum absolute atomic E-state index is 13.9. The SMILES string of the molecule is CN(C(=O)[C@H](CCc1ccccc1)NC(=O)OC(C)(C)C)[C@@H](CCCNC(=O)OC(C)(C)C)C(=O)NCCCc1ccccc1. The molecule has 0 fully saturated rings. The highest BCUT2D eigenvalue weighted by molar-refractivity contribution is 5.91. The van der Waals surface area contributed by atoms with Crippen LogP contribution in [0.1, 0.15) is 78.4 Å². The van der Waals surface area contributed by atoms with Gasteiger partial charge in [-0.15, -0.1) is 0 Å². The number of aryl methyl sites for hydroxylation is 2. The van der Waals surface area contributed by atoms with Crippen molar-refractivity contribution >= 4 is 24.0 Å². The Kier molecular flexibility index (Phi) is 14.9. The molecule has 45 heavy (non-hydrogen) atoms. The minimum atomic E-state index is -0.918. The van der Waals surface area contributed by atoms with Crippen molar-refractivity contribution in [2.45, 2.75) is 103 Å². The lowest BCUT2D eigenvalue weighted by atomic mass is 10.0. The summed E-state index contributed by atoms with van der Waals surface area (Å²) in [4.78, 5) is 53.7. The van der Waals surface area contributed by atoms with Crippen LogP contribution in [-0.4, -0.2) is 72.3 Å². The molecule has 10 nitrogen and oxygen atoms in total. The van der Waals surface area contributed by atoms with Gasteiger partial charge in [-0.3, -0.25) is 9.59 Å². The molecule has 0 aromatic heterocycles. The van der Waals surface area contributed by atoms with Gasteiger partial charge in [0.2, 0.25) is 11.8 Å². The molecular formula is C35H52N4O6. The Morgan fingerprint density at radius 3 is 1.76 bits per heavy atom. The van der Waals surface area contributed by atoms with Crippen LogP contribution in [0.25, 0.3) is 0 Å². The van der Waals surface area contributed by atoms with Crippen molar-refractivity contribution in [1.29, 1.82) is 0 Å². The highest BCUT2D eigenvalue weighted by Crippen LogP contribution is 2.14. The predicted octanol–water partition coefficient (Wildman–Crippen LogP) is 5.39. The zero-order chi connectivity index (χ0) is 33.5. The molecule has 0 heterocycles. The van der Waals surface area contributed by atoms with Gasteiger partial charge in [0.1, 0.15) is 23.3 Å². The van der Waals surface area contributed by atoms with Gasteiger partial charge in [0.25, 0.3) is 0 Å². The van der Waals surface area contributed by atoms with Gasteiger partial charge in [0.05, 0.1) is 0 Å². The number of ether oxygens (including phenoxy) is 2. The van der Waals surface area contributed by atoms with E-state index >= 15 is 0 Å². The second kappa shape index (κ2) is 18.0. The van der Waals surface area contributed by atoms with Crippen LogP contribution >= 0.6 is 0 Å². The quantitative estimate of drug-likeness (QED) is 0.228. The minimum absolute atomic E-state index is 0.266. The number of nitrogens with one attached hydrogen (secondary N) is 3. The molecule has 0 saturated heterocycles. The van der Waals surface area contributed by atoms with Crippen LogP contribution in [0.3, 0.4) is 0 Å². The largest absolute Gasteiger partial charge is 0.444 e. The van der Waals surface area contributed by atoms with E-state index in [0.717, 1.165) is 18.4 Å². The maximum Gasteiger partial charge on any atom is 0.408 e. The summed E-state index contributed by atoms with van der Waals surface area (Å²) in [5.74, 6) is -0.698. The molecule has 0 aliphatic heterocycles. The molecule has 10 heteroatoms. The third-order valence-corrected chi connectivity index (χ3v) is 6.78. The van der Waals surface area contributed by atoms with Crippen LogP contribution in [0.15, 0.2) is 60.7 Å². The Morgan fingerprint density at radius 2 is 1.20 bits per heavy atom. The molecule has 0 radical (unpaired) electrons. The smallest absolute Gasteiger partial charge is 0.408 e. The van der Waals surface area contributed by atoms with Gasteiger partial charge < -0.3 is 30.3 Å². The summed E-state index contributed by atoms with van der Waals surface area (Å²) in [5.41, 5.74) is 0.823. The third kappa shape index (κ3) is 15.5. The van der Waals surface area contributed by atoms with E-state index in [1.54, 1.807) is 48.6 Å². The fourth-order valence-corrected chi connectivity index (χ4v) is 4.63. The van der Waals surface area contributed by atoms with E-state index in [2.05, 4.69) is 16.0 Å². The number of nitrogens with zero attached hydrogens (tertiary/aromatic N) is 1. The molecule has 0 saturated carbocycles. The molecule has 0 unspecified atom stereocenters. The Morgan fingerprint density at radius 1 is 0.689 bits per heavy atom. The van der Waals surface area contributed by atoms with Crippen molar-refractivity contribution in [3.05, 3.63) is 71.8 Å². The molecule has 2 rings (SSSR count). The van der Waals surface area contributed by atoms with E-state index in [0.29, 0.717) is 32.2 Å². The van der Waals surface area contributed by atoms with Crippen molar-refractivity contribution < 1.29 is 28.7 Å². The second-order valence-corrected chi connectivity index (χ2v) is 13.1. The van der Waals surface area contributed by atoms with Gasteiger partial charge in [0, 0.05) is 20.1 Å². The van der Waals surface area contributed by atoms with Crippen molar-refractivity contribution in [3.8, 4) is 0 Å². The summed E-state index contributed by atoms with van der Waals surface area (Å²) in [7, 11) is 1.57. The monoisotopic (exact) mass is 624 g/mol. The first-order chi connectivity index (χ1) is 21.1. The predicted molar refractivity (Wildman–Crippen MR) is 176 cm³/mol. The fourth-order valence-electron chi connectivity index (χ4n) is 4.63.